The van der Waals surface area contributed by atoms with Gasteiger partial charge in [0.15, 0.2) is 5.82 Å². The fraction of sp³-hybridized carbons (Fsp3) is 0.700. The number of rotatable bonds is 2. The van der Waals surface area contributed by atoms with Crippen LogP contribution in [0.25, 0.3) is 0 Å². The number of carbonyl (C=O) groups is 1. The zero-order valence-corrected chi connectivity index (χ0v) is 9.30. The summed E-state index contributed by atoms with van der Waals surface area (Å²) in [6, 6.07) is -0.262. The third kappa shape index (κ3) is 1.76. The quantitative estimate of drug-likeness (QED) is 0.782. The molecule has 2 N–H and O–H groups in total. The van der Waals surface area contributed by atoms with E-state index in [0.29, 0.717) is 24.2 Å². The molecule has 0 saturated carbocycles. The maximum absolute atomic E-state index is 11.0. The molecule has 1 aromatic rings. The predicted molar refractivity (Wildman–Crippen MR) is 56.6 cm³/mol. The lowest BCUT2D eigenvalue weighted by molar-refractivity contribution is 0.131. The molecule has 1 aromatic heterocycles. The molecule has 2 aliphatic rings. The van der Waals surface area contributed by atoms with E-state index in [9.17, 15) is 4.79 Å². The molecule has 92 valence electrons. The third-order valence-corrected chi connectivity index (χ3v) is 3.39. The molecule has 0 aliphatic carbocycles. The van der Waals surface area contributed by atoms with Gasteiger partial charge in [0.05, 0.1) is 0 Å². The van der Waals surface area contributed by atoms with Crippen LogP contribution in [-0.4, -0.2) is 45.9 Å². The average molecular weight is 238 g/mol. The van der Waals surface area contributed by atoms with Crippen LogP contribution in [0.15, 0.2) is 4.52 Å². The van der Waals surface area contributed by atoms with Crippen molar-refractivity contribution in [1.29, 1.82) is 0 Å². The summed E-state index contributed by atoms with van der Waals surface area (Å²) in [5, 5.41) is 16.1. The van der Waals surface area contributed by atoms with Gasteiger partial charge in [-0.25, -0.2) is 4.79 Å². The normalized spacial score (nSPS) is 24.9. The van der Waals surface area contributed by atoms with Crippen molar-refractivity contribution in [2.45, 2.75) is 24.8 Å². The average Bonchev–Trinajstić information content (AvgIpc) is 2.79. The molecule has 0 bridgehead atoms. The molecule has 0 spiro atoms. The van der Waals surface area contributed by atoms with Crippen molar-refractivity contribution in [3.05, 3.63) is 11.7 Å². The molecule has 0 aromatic carbocycles. The lowest BCUT2D eigenvalue weighted by Gasteiger charge is -2.23. The summed E-state index contributed by atoms with van der Waals surface area (Å²) >= 11 is 0. The molecule has 2 saturated heterocycles. The molecule has 0 unspecified atom stereocenters. The van der Waals surface area contributed by atoms with Gasteiger partial charge in [-0.2, -0.15) is 4.98 Å². The minimum atomic E-state index is -0.919. The van der Waals surface area contributed by atoms with E-state index in [1.54, 1.807) is 0 Å². The Bertz CT molecular complexity index is 429. The lowest BCUT2D eigenvalue weighted by Crippen LogP contribution is -2.40. The van der Waals surface area contributed by atoms with E-state index in [-0.39, 0.29) is 6.04 Å². The summed E-state index contributed by atoms with van der Waals surface area (Å²) in [6.07, 6.45) is 0.689. The van der Waals surface area contributed by atoms with Crippen molar-refractivity contribution in [3.8, 4) is 0 Å². The number of hydrogen-bond donors (Lipinski definition) is 2. The number of nitrogens with one attached hydrogen (secondary N) is 1. The van der Waals surface area contributed by atoms with Crippen LogP contribution in [0.4, 0.5) is 4.79 Å². The number of carboxylic acid groups (broad SMARTS) is 1. The van der Waals surface area contributed by atoms with Gasteiger partial charge in [0.25, 0.3) is 0 Å². The summed E-state index contributed by atoms with van der Waals surface area (Å²) < 4.78 is 5.19. The highest BCUT2D eigenvalue weighted by Crippen LogP contribution is 2.31. The van der Waals surface area contributed by atoms with E-state index < -0.39 is 6.09 Å². The van der Waals surface area contributed by atoms with Crippen LogP contribution in [0.2, 0.25) is 0 Å². The zero-order valence-electron chi connectivity index (χ0n) is 9.30. The van der Waals surface area contributed by atoms with Crippen LogP contribution in [0.1, 0.15) is 36.5 Å². The number of nitrogens with zero attached hydrogens (tertiary/aromatic N) is 3. The molecular weight excluding hydrogens is 224 g/mol. The second-order valence-electron chi connectivity index (χ2n) is 4.48. The number of aromatic nitrogens is 2. The molecular formula is C10H14N4O3. The molecule has 7 nitrogen and oxygen atoms in total. The van der Waals surface area contributed by atoms with E-state index >= 15 is 0 Å². The SMILES string of the molecule is O=C(O)N1CCC[C@H]1c1nc(C2CNC2)no1. The van der Waals surface area contributed by atoms with Crippen molar-refractivity contribution in [2.24, 2.45) is 0 Å². The summed E-state index contributed by atoms with van der Waals surface area (Å²) in [4.78, 5) is 16.7. The Morgan fingerprint density at radius 1 is 1.53 bits per heavy atom. The third-order valence-electron chi connectivity index (χ3n) is 3.39. The van der Waals surface area contributed by atoms with Gasteiger partial charge in [0.2, 0.25) is 5.89 Å². The first-order chi connectivity index (χ1) is 8.25. The van der Waals surface area contributed by atoms with Crippen molar-refractivity contribution in [1.82, 2.24) is 20.4 Å². The first kappa shape index (κ1) is 10.5. The Labute approximate surface area is 97.8 Å². The minimum absolute atomic E-state index is 0.262. The molecule has 1 atom stereocenters. The summed E-state index contributed by atoms with van der Waals surface area (Å²) in [6.45, 7) is 2.28. The topological polar surface area (TPSA) is 91.5 Å². The number of likely N-dealkylation sites (tertiary alicyclic amines) is 1. The van der Waals surface area contributed by atoms with Crippen LogP contribution in [0.5, 0.6) is 0 Å². The predicted octanol–water partition coefficient (Wildman–Crippen LogP) is 0.571. The Morgan fingerprint density at radius 2 is 2.35 bits per heavy atom. The molecule has 3 heterocycles. The molecule has 17 heavy (non-hydrogen) atoms. The van der Waals surface area contributed by atoms with Gasteiger partial charge in [0, 0.05) is 25.6 Å². The van der Waals surface area contributed by atoms with Crippen molar-refractivity contribution in [3.63, 3.8) is 0 Å². The molecule has 2 aliphatic heterocycles. The first-order valence-corrected chi connectivity index (χ1v) is 5.79. The maximum atomic E-state index is 11.0. The lowest BCUT2D eigenvalue weighted by atomic mass is 10.0. The minimum Gasteiger partial charge on any atom is -0.465 e. The monoisotopic (exact) mass is 238 g/mol. The molecule has 2 fully saturated rings. The van der Waals surface area contributed by atoms with Crippen molar-refractivity contribution >= 4 is 6.09 Å². The second kappa shape index (κ2) is 3.99. The smallest absolute Gasteiger partial charge is 0.407 e. The van der Waals surface area contributed by atoms with Gasteiger partial charge in [-0.15, -0.1) is 0 Å². The highest BCUT2D eigenvalue weighted by Gasteiger charge is 2.35. The first-order valence-electron chi connectivity index (χ1n) is 5.79. The van der Waals surface area contributed by atoms with Crippen molar-refractivity contribution < 1.29 is 14.4 Å². The van der Waals surface area contributed by atoms with E-state index in [1.165, 1.54) is 4.90 Å². The van der Waals surface area contributed by atoms with Gasteiger partial charge in [-0.05, 0) is 12.8 Å². The molecule has 3 rings (SSSR count). The van der Waals surface area contributed by atoms with Crippen molar-refractivity contribution in [2.75, 3.05) is 19.6 Å². The van der Waals surface area contributed by atoms with Gasteiger partial charge in [-0.3, -0.25) is 4.90 Å². The molecule has 0 radical (unpaired) electrons. The van der Waals surface area contributed by atoms with Crippen LogP contribution in [0.3, 0.4) is 0 Å². The van der Waals surface area contributed by atoms with Gasteiger partial charge >= 0.3 is 6.09 Å². The molecule has 1 amide bonds. The zero-order chi connectivity index (χ0) is 11.8. The van der Waals surface area contributed by atoms with E-state index in [0.717, 1.165) is 25.9 Å². The fourth-order valence-corrected chi connectivity index (χ4v) is 2.27. The molecule has 7 heteroatoms. The number of amides is 1. The van der Waals surface area contributed by atoms with Crippen LogP contribution in [0, 0.1) is 0 Å². The Hall–Kier alpha value is -1.63. The van der Waals surface area contributed by atoms with Crippen LogP contribution in [-0.2, 0) is 0 Å². The van der Waals surface area contributed by atoms with Gasteiger partial charge in [0.1, 0.15) is 6.04 Å². The van der Waals surface area contributed by atoms with Gasteiger partial charge < -0.3 is 14.9 Å². The summed E-state index contributed by atoms with van der Waals surface area (Å²) in [5.41, 5.74) is 0. The van der Waals surface area contributed by atoms with Crippen LogP contribution >= 0.6 is 0 Å². The summed E-state index contributed by atoms with van der Waals surface area (Å²) in [5.74, 6) is 1.44. The highest BCUT2D eigenvalue weighted by atomic mass is 16.5. The maximum Gasteiger partial charge on any atom is 0.407 e. The van der Waals surface area contributed by atoms with Gasteiger partial charge in [-0.1, -0.05) is 5.16 Å². The Morgan fingerprint density at radius 3 is 3.00 bits per heavy atom. The summed E-state index contributed by atoms with van der Waals surface area (Å²) in [7, 11) is 0. The van der Waals surface area contributed by atoms with E-state index in [4.69, 9.17) is 9.63 Å². The highest BCUT2D eigenvalue weighted by molar-refractivity contribution is 5.65. The number of hydrogen-bond acceptors (Lipinski definition) is 5. The van der Waals surface area contributed by atoms with E-state index in [2.05, 4.69) is 15.5 Å². The second-order valence-corrected chi connectivity index (χ2v) is 4.48. The largest absolute Gasteiger partial charge is 0.465 e. The van der Waals surface area contributed by atoms with Crippen LogP contribution < -0.4 is 5.32 Å². The fourth-order valence-electron chi connectivity index (χ4n) is 2.27. The Balaban J connectivity index is 1.78. The Kier molecular flexibility index (Phi) is 2.47. The standard InChI is InChI=1S/C10H14N4O3/c15-10(16)14-3-1-2-7(14)9-12-8(13-17-9)6-4-11-5-6/h6-7,11H,1-5H2,(H,15,16)/t7-/m0/s1. The van der Waals surface area contributed by atoms with E-state index in [1.807, 2.05) is 0 Å².